The Bertz CT molecular complexity index is 1040. The minimum atomic E-state index is -1.68. The van der Waals surface area contributed by atoms with E-state index in [4.69, 9.17) is 19.9 Å². The average molecular weight is 487 g/mol. The Morgan fingerprint density at radius 3 is 2.31 bits per heavy atom. The Morgan fingerprint density at radius 1 is 1.09 bits per heavy atom. The second-order valence-electron chi connectivity index (χ2n) is 8.79. The fourth-order valence-corrected chi connectivity index (χ4v) is 4.41. The topological polar surface area (TPSA) is 161 Å². The molecule has 2 heterocycles. The first kappa shape index (κ1) is 25.2. The maximum atomic E-state index is 12.2. The maximum Gasteiger partial charge on any atom is 0.251 e. The van der Waals surface area contributed by atoms with Gasteiger partial charge in [0.25, 0.3) is 5.91 Å². The highest BCUT2D eigenvalue weighted by Gasteiger charge is 2.61. The molecular weight excluding hydrogens is 456 g/mol. The number of rotatable bonds is 8. The Morgan fingerprint density at radius 2 is 1.71 bits per heavy atom. The van der Waals surface area contributed by atoms with E-state index >= 15 is 0 Å². The van der Waals surface area contributed by atoms with Crippen molar-refractivity contribution in [2.45, 2.75) is 49.7 Å². The molecule has 3 unspecified atom stereocenters. The lowest BCUT2D eigenvalue weighted by molar-refractivity contribution is -0.292. The van der Waals surface area contributed by atoms with Gasteiger partial charge in [0, 0.05) is 23.2 Å². The van der Waals surface area contributed by atoms with Gasteiger partial charge in [0.2, 0.25) is 5.91 Å². The van der Waals surface area contributed by atoms with Crippen LogP contribution in [0.1, 0.15) is 57.6 Å². The quantitative estimate of drug-likeness (QED) is 0.362. The lowest BCUT2D eigenvalue weighted by Crippen LogP contribution is -2.56. The summed E-state index contributed by atoms with van der Waals surface area (Å²) >= 11 is 0. The van der Waals surface area contributed by atoms with Gasteiger partial charge in [-0.15, -0.1) is 0 Å². The van der Waals surface area contributed by atoms with Crippen LogP contribution in [0.15, 0.2) is 48.5 Å². The monoisotopic (exact) mass is 486 g/mol. The number of aliphatic hydroxyl groups excluding tert-OH is 2. The second-order valence-corrected chi connectivity index (χ2v) is 8.79. The predicted octanol–water partition coefficient (Wildman–Crippen LogP) is 0.564. The van der Waals surface area contributed by atoms with Gasteiger partial charge in [-0.25, -0.2) is 0 Å². The van der Waals surface area contributed by atoms with Crippen molar-refractivity contribution in [1.29, 1.82) is 0 Å². The van der Waals surface area contributed by atoms with Crippen LogP contribution in [0.25, 0.3) is 0 Å². The molecule has 10 heteroatoms. The van der Waals surface area contributed by atoms with E-state index in [1.807, 2.05) is 6.92 Å². The number of nitrogens with one attached hydrogen (secondary N) is 1. The fraction of sp³-hybridized carbons (Fsp3) is 0.440. The Hall–Kier alpha value is -2.86. The maximum absolute atomic E-state index is 12.2. The van der Waals surface area contributed by atoms with Gasteiger partial charge in [0.15, 0.2) is 6.29 Å². The first-order valence-electron chi connectivity index (χ1n) is 11.5. The van der Waals surface area contributed by atoms with Crippen LogP contribution in [-0.4, -0.2) is 70.8 Å². The van der Waals surface area contributed by atoms with Crippen LogP contribution in [0.2, 0.25) is 0 Å². The van der Waals surface area contributed by atoms with E-state index < -0.39 is 48.8 Å². The Balaban J connectivity index is 1.56. The van der Waals surface area contributed by atoms with Gasteiger partial charge in [-0.2, -0.15) is 0 Å². The van der Waals surface area contributed by atoms with E-state index in [2.05, 4.69) is 5.32 Å². The van der Waals surface area contributed by atoms with E-state index in [0.29, 0.717) is 28.8 Å². The largest absolute Gasteiger partial charge is 0.394 e. The van der Waals surface area contributed by atoms with E-state index in [9.17, 15) is 24.9 Å². The van der Waals surface area contributed by atoms with Gasteiger partial charge in [-0.1, -0.05) is 31.2 Å². The molecule has 2 aliphatic heterocycles. The highest BCUT2D eigenvalue weighted by Crippen LogP contribution is 2.49. The highest BCUT2D eigenvalue weighted by molar-refractivity contribution is 5.94. The molecule has 0 spiro atoms. The van der Waals surface area contributed by atoms with Gasteiger partial charge in [0.1, 0.15) is 30.0 Å². The van der Waals surface area contributed by atoms with Gasteiger partial charge < -0.3 is 40.6 Å². The van der Waals surface area contributed by atoms with Crippen LogP contribution in [0, 0.1) is 0 Å². The summed E-state index contributed by atoms with van der Waals surface area (Å²) in [6.07, 6.45) is -4.40. The number of benzene rings is 2. The van der Waals surface area contributed by atoms with Gasteiger partial charge in [-0.05, 0) is 36.2 Å². The van der Waals surface area contributed by atoms with Crippen LogP contribution in [0.5, 0.6) is 0 Å². The number of aliphatic hydroxyl groups is 3. The number of nitrogens with two attached hydrogens (primary N) is 1. The van der Waals surface area contributed by atoms with Crippen LogP contribution in [0.3, 0.4) is 0 Å². The third kappa shape index (κ3) is 4.94. The first-order valence-corrected chi connectivity index (χ1v) is 11.5. The van der Waals surface area contributed by atoms with Crippen molar-refractivity contribution >= 4 is 11.8 Å². The van der Waals surface area contributed by atoms with Crippen LogP contribution >= 0.6 is 0 Å². The summed E-state index contributed by atoms with van der Waals surface area (Å²) < 4.78 is 17.9. The number of amides is 2. The van der Waals surface area contributed by atoms with Gasteiger partial charge in [0.05, 0.1) is 13.2 Å². The molecule has 2 fully saturated rings. The lowest BCUT2D eigenvalue weighted by atomic mass is 9.85. The number of carbonyl (C=O) groups is 2. The molecule has 0 saturated carbocycles. The van der Waals surface area contributed by atoms with Crippen molar-refractivity contribution in [3.8, 4) is 0 Å². The summed E-state index contributed by atoms with van der Waals surface area (Å²) in [6.45, 7) is 1.77. The summed E-state index contributed by atoms with van der Waals surface area (Å²) in [4.78, 5) is 23.6. The van der Waals surface area contributed by atoms with Crippen molar-refractivity contribution in [1.82, 2.24) is 5.32 Å². The summed E-state index contributed by atoms with van der Waals surface area (Å²) in [5.74, 6) is -0.770. The van der Waals surface area contributed by atoms with Crippen molar-refractivity contribution in [3.05, 3.63) is 70.8 Å². The summed E-state index contributed by atoms with van der Waals surface area (Å²) in [5.41, 5.74) is 5.57. The van der Waals surface area contributed by atoms with Crippen molar-refractivity contribution < 1.29 is 39.1 Å². The Labute approximate surface area is 202 Å². The van der Waals surface area contributed by atoms with Crippen molar-refractivity contribution in [3.63, 3.8) is 0 Å². The van der Waals surface area contributed by atoms with Crippen LogP contribution < -0.4 is 11.1 Å². The number of ether oxygens (including phenoxy) is 3. The molecule has 2 aliphatic rings. The summed E-state index contributed by atoms with van der Waals surface area (Å²) in [7, 11) is 0. The van der Waals surface area contributed by atoms with E-state index in [1.165, 1.54) is 12.1 Å². The zero-order valence-electron chi connectivity index (χ0n) is 19.3. The van der Waals surface area contributed by atoms with E-state index in [-0.39, 0.29) is 12.5 Å². The number of hydrogen-bond acceptors (Lipinski definition) is 8. The molecule has 6 atom stereocenters. The molecule has 35 heavy (non-hydrogen) atoms. The molecule has 188 valence electrons. The van der Waals surface area contributed by atoms with Crippen molar-refractivity contribution in [2.75, 3.05) is 19.8 Å². The number of fused-ring (bicyclic) bond motifs is 1. The predicted molar refractivity (Wildman–Crippen MR) is 123 cm³/mol. The minimum absolute atomic E-state index is 0.182. The molecule has 2 saturated heterocycles. The fourth-order valence-electron chi connectivity index (χ4n) is 4.41. The first-order chi connectivity index (χ1) is 16.8. The highest BCUT2D eigenvalue weighted by atomic mass is 16.7. The number of primary amides is 1. The molecule has 0 bridgehead atoms. The molecule has 2 aromatic rings. The standard InChI is InChI=1S/C25H30N2O8/c1-2-11-27-23(31)16-7-9-17(10-8-16)24-33-13-25(32)20(14-3-5-15(6-4-14)22(26)30)34-19(18(29)12-28)21(25)35-24/h3-10,18-21,24,28-29,32H,2,11-13H2,1H3,(H2,26,30)(H,27,31)/t18?,19-,20?,21+,24?,25-/m1/s1. The van der Waals surface area contributed by atoms with E-state index in [0.717, 1.165) is 6.42 Å². The summed E-state index contributed by atoms with van der Waals surface area (Å²) in [6, 6.07) is 12.9. The Kier molecular flexibility index (Phi) is 7.50. The minimum Gasteiger partial charge on any atom is -0.394 e. The number of hydrogen-bond donors (Lipinski definition) is 5. The summed E-state index contributed by atoms with van der Waals surface area (Å²) in [5, 5.41) is 34.3. The molecule has 0 aliphatic carbocycles. The molecule has 10 nitrogen and oxygen atoms in total. The number of carbonyl (C=O) groups excluding carboxylic acids is 2. The smallest absolute Gasteiger partial charge is 0.251 e. The molecule has 2 amide bonds. The molecule has 0 radical (unpaired) electrons. The third-order valence-electron chi connectivity index (χ3n) is 6.32. The zero-order chi connectivity index (χ0) is 25.2. The normalized spacial score (nSPS) is 28.8. The molecule has 4 rings (SSSR count). The third-order valence-corrected chi connectivity index (χ3v) is 6.32. The zero-order valence-corrected chi connectivity index (χ0v) is 19.3. The lowest BCUT2D eigenvalue weighted by Gasteiger charge is -2.41. The van der Waals surface area contributed by atoms with Gasteiger partial charge in [-0.3, -0.25) is 9.59 Å². The van der Waals surface area contributed by atoms with Crippen molar-refractivity contribution in [2.24, 2.45) is 5.73 Å². The second kappa shape index (κ2) is 10.4. The average Bonchev–Trinajstić information content (AvgIpc) is 3.19. The molecule has 2 aromatic carbocycles. The van der Waals surface area contributed by atoms with E-state index in [1.54, 1.807) is 36.4 Å². The molecule has 0 aromatic heterocycles. The SMILES string of the molecule is CCCNC(=O)c1ccc(C2OC[C@@]3(O)C(c4ccc(C(N)=O)cc4)O[C@H](C(O)CO)[C@@H]3O2)cc1. The molecular formula is C25H30N2O8. The van der Waals surface area contributed by atoms with Gasteiger partial charge >= 0.3 is 0 Å². The molecule has 6 N–H and O–H groups in total. The van der Waals surface area contributed by atoms with Crippen LogP contribution in [-0.2, 0) is 14.2 Å². The van der Waals surface area contributed by atoms with Crippen LogP contribution in [0.4, 0.5) is 0 Å².